The zero-order chi connectivity index (χ0) is 15.8. The monoisotopic (exact) mass is 293 g/mol. The Kier molecular flexibility index (Phi) is 7.29. The molecule has 0 aromatic rings. The minimum Gasteiger partial charge on any atom is -0.464 e. The zero-order valence-corrected chi connectivity index (χ0v) is 13.5. The van der Waals surface area contributed by atoms with Crippen LogP contribution in [0.2, 0.25) is 0 Å². The summed E-state index contributed by atoms with van der Waals surface area (Å²) in [6.45, 7) is 7.72. The van der Waals surface area contributed by atoms with Gasteiger partial charge in [-0.25, -0.2) is 4.79 Å². The molecule has 1 fully saturated rings. The van der Waals surface area contributed by atoms with E-state index < -0.39 is 5.97 Å². The second-order valence-corrected chi connectivity index (χ2v) is 5.54. The van der Waals surface area contributed by atoms with E-state index in [1.54, 1.807) is 6.92 Å². The van der Waals surface area contributed by atoms with Gasteiger partial charge >= 0.3 is 5.97 Å². The van der Waals surface area contributed by atoms with Gasteiger partial charge in [0.2, 0.25) is 0 Å². The molecule has 1 saturated heterocycles. The number of carbonyl (C=O) groups is 1. The molecule has 0 saturated carbocycles. The second-order valence-electron chi connectivity index (χ2n) is 5.54. The van der Waals surface area contributed by atoms with Crippen LogP contribution in [0.1, 0.15) is 40.0 Å². The highest BCUT2D eigenvalue weighted by Crippen LogP contribution is 2.22. The molecule has 21 heavy (non-hydrogen) atoms. The molecule has 1 heterocycles. The summed E-state index contributed by atoms with van der Waals surface area (Å²) in [5.41, 5.74) is 1.55. The summed E-state index contributed by atoms with van der Waals surface area (Å²) in [6.07, 6.45) is 5.18. The van der Waals surface area contributed by atoms with Crippen LogP contribution in [-0.2, 0) is 9.53 Å². The predicted octanol–water partition coefficient (Wildman–Crippen LogP) is 2.36. The average molecular weight is 293 g/mol. The average Bonchev–Trinajstić information content (AvgIpc) is 2.50. The third-order valence-corrected chi connectivity index (χ3v) is 3.89. The quantitative estimate of drug-likeness (QED) is 0.448. The fourth-order valence-corrected chi connectivity index (χ4v) is 2.42. The van der Waals surface area contributed by atoms with Crippen LogP contribution in [-0.4, -0.2) is 43.6 Å². The summed E-state index contributed by atoms with van der Waals surface area (Å²) in [4.78, 5) is 16.4. The first-order chi connectivity index (χ1) is 9.99. The fourth-order valence-electron chi connectivity index (χ4n) is 2.42. The van der Waals surface area contributed by atoms with Gasteiger partial charge < -0.3 is 15.5 Å². The number of esters is 1. The standard InChI is InChI=1S/C16H27N3O2/c1-5-11(2)10-14(13-6-8-18-9-7-13)19-15(12(3)17)16(20)21-4/h10,13-14,17-18H,5-9H2,1-4H3. The number of aliphatic imine (C=N–C) groups is 1. The van der Waals surface area contributed by atoms with Crippen LogP contribution >= 0.6 is 0 Å². The highest BCUT2D eigenvalue weighted by atomic mass is 16.5. The molecular weight excluding hydrogens is 266 g/mol. The summed E-state index contributed by atoms with van der Waals surface area (Å²) in [7, 11) is 1.33. The molecular formula is C16H27N3O2. The largest absolute Gasteiger partial charge is 0.464 e. The van der Waals surface area contributed by atoms with E-state index >= 15 is 0 Å². The molecule has 5 nitrogen and oxygen atoms in total. The molecule has 1 aliphatic rings. The minimum absolute atomic E-state index is 0.0542. The third kappa shape index (κ3) is 5.42. The summed E-state index contributed by atoms with van der Waals surface area (Å²) in [5.74, 6) is -0.115. The van der Waals surface area contributed by atoms with E-state index in [1.807, 2.05) is 0 Å². The van der Waals surface area contributed by atoms with Crippen molar-refractivity contribution in [1.82, 2.24) is 5.32 Å². The van der Waals surface area contributed by atoms with E-state index in [0.29, 0.717) is 5.92 Å². The van der Waals surface area contributed by atoms with Gasteiger partial charge in [-0.2, -0.15) is 0 Å². The van der Waals surface area contributed by atoms with Gasteiger partial charge in [-0.1, -0.05) is 18.6 Å². The smallest absolute Gasteiger partial charge is 0.358 e. The Hall–Kier alpha value is -1.49. The van der Waals surface area contributed by atoms with Gasteiger partial charge in [0.25, 0.3) is 0 Å². The first-order valence-corrected chi connectivity index (χ1v) is 7.59. The molecule has 118 valence electrons. The van der Waals surface area contributed by atoms with Crippen LogP contribution in [0.15, 0.2) is 16.6 Å². The van der Waals surface area contributed by atoms with E-state index in [0.717, 1.165) is 32.4 Å². The van der Waals surface area contributed by atoms with Gasteiger partial charge in [0.05, 0.1) is 18.9 Å². The van der Waals surface area contributed by atoms with Crippen LogP contribution in [0, 0.1) is 11.3 Å². The number of hydrogen-bond donors (Lipinski definition) is 2. The second kappa shape index (κ2) is 8.72. The topological polar surface area (TPSA) is 74.5 Å². The molecule has 1 atom stereocenters. The predicted molar refractivity (Wildman–Crippen MR) is 86.3 cm³/mol. The maximum atomic E-state index is 11.8. The number of rotatable bonds is 6. The minimum atomic E-state index is -0.524. The number of hydrogen-bond acceptors (Lipinski definition) is 5. The molecule has 5 heteroatoms. The van der Waals surface area contributed by atoms with E-state index in [9.17, 15) is 4.79 Å². The van der Waals surface area contributed by atoms with Crippen LogP contribution in [0.25, 0.3) is 0 Å². The van der Waals surface area contributed by atoms with Crippen LogP contribution in [0.5, 0.6) is 0 Å². The molecule has 0 aliphatic carbocycles. The van der Waals surface area contributed by atoms with E-state index in [2.05, 4.69) is 30.2 Å². The lowest BCUT2D eigenvalue weighted by atomic mass is 9.89. The third-order valence-electron chi connectivity index (χ3n) is 3.89. The number of nitrogens with zero attached hydrogens (tertiary/aromatic N) is 1. The van der Waals surface area contributed by atoms with Crippen molar-refractivity contribution in [2.24, 2.45) is 10.9 Å². The van der Waals surface area contributed by atoms with Crippen molar-refractivity contribution in [3.05, 3.63) is 11.6 Å². The van der Waals surface area contributed by atoms with Gasteiger partial charge in [0.1, 0.15) is 0 Å². The molecule has 1 rings (SSSR count). The van der Waals surface area contributed by atoms with Crippen molar-refractivity contribution in [3.63, 3.8) is 0 Å². The van der Waals surface area contributed by atoms with Crippen LogP contribution in [0.3, 0.4) is 0 Å². The Morgan fingerprint density at radius 2 is 2.05 bits per heavy atom. The highest BCUT2D eigenvalue weighted by molar-refractivity contribution is 6.64. The number of piperidine rings is 1. The zero-order valence-electron chi connectivity index (χ0n) is 13.5. The normalized spacial score (nSPS) is 19.2. The van der Waals surface area contributed by atoms with Crippen molar-refractivity contribution >= 4 is 17.4 Å². The molecule has 0 aromatic carbocycles. The van der Waals surface area contributed by atoms with Gasteiger partial charge in [0, 0.05) is 0 Å². The first-order valence-electron chi connectivity index (χ1n) is 7.59. The van der Waals surface area contributed by atoms with Crippen molar-refractivity contribution in [1.29, 1.82) is 5.41 Å². The van der Waals surface area contributed by atoms with Crippen molar-refractivity contribution in [2.75, 3.05) is 20.2 Å². The number of methoxy groups -OCH3 is 1. The Bertz CT molecular complexity index is 435. The SMILES string of the molecule is CCC(C)=CC(N=C(C(C)=N)C(=O)OC)C1CCNCC1. The summed E-state index contributed by atoms with van der Waals surface area (Å²) in [5, 5.41) is 11.1. The van der Waals surface area contributed by atoms with Gasteiger partial charge in [0.15, 0.2) is 5.71 Å². The highest BCUT2D eigenvalue weighted by Gasteiger charge is 2.24. The molecule has 0 radical (unpaired) electrons. The number of nitrogens with one attached hydrogen (secondary N) is 2. The lowest BCUT2D eigenvalue weighted by Gasteiger charge is -2.27. The van der Waals surface area contributed by atoms with E-state index in [1.165, 1.54) is 12.7 Å². The maximum Gasteiger partial charge on any atom is 0.358 e. The van der Waals surface area contributed by atoms with E-state index in [4.69, 9.17) is 10.1 Å². The lowest BCUT2D eigenvalue weighted by molar-refractivity contribution is -0.132. The first kappa shape index (κ1) is 17.6. The van der Waals surface area contributed by atoms with Crippen molar-refractivity contribution in [3.8, 4) is 0 Å². The maximum absolute atomic E-state index is 11.8. The van der Waals surface area contributed by atoms with Gasteiger partial charge in [-0.05, 0) is 52.1 Å². The summed E-state index contributed by atoms with van der Waals surface area (Å²) in [6, 6.07) is -0.0542. The summed E-state index contributed by atoms with van der Waals surface area (Å²) >= 11 is 0. The van der Waals surface area contributed by atoms with Crippen LogP contribution in [0.4, 0.5) is 0 Å². The van der Waals surface area contributed by atoms with Gasteiger partial charge in [-0.3, -0.25) is 4.99 Å². The molecule has 2 N–H and O–H groups in total. The Morgan fingerprint density at radius 3 is 2.52 bits per heavy atom. The Balaban J connectivity index is 3.08. The number of allylic oxidation sites excluding steroid dienone is 1. The molecule has 0 spiro atoms. The molecule has 1 aliphatic heterocycles. The molecule has 0 amide bonds. The molecule has 0 bridgehead atoms. The number of carbonyl (C=O) groups excluding carboxylic acids is 1. The van der Waals surface area contributed by atoms with Crippen LogP contribution < -0.4 is 5.32 Å². The Labute approximate surface area is 127 Å². The fraction of sp³-hybridized carbons (Fsp3) is 0.688. The van der Waals surface area contributed by atoms with Crippen molar-refractivity contribution in [2.45, 2.75) is 46.1 Å². The molecule has 0 aromatic heterocycles. The van der Waals surface area contributed by atoms with Crippen molar-refractivity contribution < 1.29 is 9.53 Å². The summed E-state index contributed by atoms with van der Waals surface area (Å²) < 4.78 is 4.75. The van der Waals surface area contributed by atoms with Gasteiger partial charge in [-0.15, -0.1) is 0 Å². The lowest BCUT2D eigenvalue weighted by Crippen LogP contribution is -2.34. The molecule has 1 unspecified atom stereocenters. The Morgan fingerprint density at radius 1 is 1.43 bits per heavy atom. The number of ether oxygens (including phenoxy) is 1. The van der Waals surface area contributed by atoms with E-state index in [-0.39, 0.29) is 17.5 Å².